The second-order valence-corrected chi connectivity index (χ2v) is 9.14. The molecule has 1 aliphatic heterocycles. The fraction of sp³-hybridized carbons (Fsp3) is 0.381. The van der Waals surface area contributed by atoms with Gasteiger partial charge in [-0.05, 0) is 67.2 Å². The largest absolute Gasteiger partial charge is 0.493 e. The van der Waals surface area contributed by atoms with Crippen molar-refractivity contribution >= 4 is 15.8 Å². The number of benzene rings is 2. The maximum atomic E-state index is 11.5. The van der Waals surface area contributed by atoms with Gasteiger partial charge in [-0.3, -0.25) is 0 Å². The molecule has 1 heterocycles. The van der Waals surface area contributed by atoms with Crippen LogP contribution in [0.15, 0.2) is 53.4 Å². The summed E-state index contributed by atoms with van der Waals surface area (Å²) in [5, 5.41) is 10.5. The summed E-state index contributed by atoms with van der Waals surface area (Å²) in [4.78, 5) is 9.24. The second kappa shape index (κ2) is 10.6. The highest BCUT2D eigenvalue weighted by atomic mass is 32.2. The van der Waals surface area contributed by atoms with E-state index in [9.17, 15) is 21.6 Å². The minimum Gasteiger partial charge on any atom is -0.493 e. The molecule has 0 radical (unpaired) electrons. The first kappa shape index (κ1) is 24.7. The Morgan fingerprint density at radius 2 is 1.48 bits per heavy atom. The molecule has 1 fully saturated rings. The van der Waals surface area contributed by atoms with Crippen LogP contribution < -0.4 is 10.1 Å². The molecule has 0 atom stereocenters. The summed E-state index contributed by atoms with van der Waals surface area (Å²) < 4.78 is 60.6. The second-order valence-electron chi connectivity index (χ2n) is 7.13. The first-order chi connectivity index (χ1) is 14.5. The average molecular weight is 459 g/mol. The van der Waals surface area contributed by atoms with Crippen molar-refractivity contribution in [3.8, 4) is 16.9 Å². The van der Waals surface area contributed by atoms with Gasteiger partial charge in [-0.15, -0.1) is 0 Å². The summed E-state index contributed by atoms with van der Waals surface area (Å²) >= 11 is 0. The number of hydrogen-bond acceptors (Lipinski definition) is 5. The fourth-order valence-corrected chi connectivity index (χ4v) is 3.53. The monoisotopic (exact) mass is 459 g/mol. The van der Waals surface area contributed by atoms with E-state index in [1.165, 1.54) is 19.1 Å². The summed E-state index contributed by atoms with van der Waals surface area (Å²) in [6, 6.07) is 14.9. The van der Waals surface area contributed by atoms with E-state index in [4.69, 9.17) is 14.6 Å². The van der Waals surface area contributed by atoms with Gasteiger partial charge in [-0.2, -0.15) is 13.2 Å². The van der Waals surface area contributed by atoms with Crippen LogP contribution in [-0.2, 0) is 14.6 Å². The number of carbonyl (C=O) groups is 1. The summed E-state index contributed by atoms with van der Waals surface area (Å²) in [5.41, 5.74) is 2.04. The average Bonchev–Trinajstić information content (AvgIpc) is 2.73. The zero-order chi connectivity index (χ0) is 23.1. The lowest BCUT2D eigenvalue weighted by atomic mass is 9.99. The van der Waals surface area contributed by atoms with Crippen LogP contribution in [0.25, 0.3) is 11.1 Å². The number of alkyl halides is 3. The Balaban J connectivity index is 0.000000423. The number of sulfone groups is 1. The van der Waals surface area contributed by atoms with Crippen LogP contribution in [0.3, 0.4) is 0 Å². The lowest BCUT2D eigenvalue weighted by Crippen LogP contribution is -2.30. The third kappa shape index (κ3) is 8.22. The molecule has 0 aliphatic carbocycles. The van der Waals surface area contributed by atoms with Crippen molar-refractivity contribution in [1.82, 2.24) is 5.32 Å². The number of hydrogen-bond donors (Lipinski definition) is 2. The molecule has 0 unspecified atom stereocenters. The van der Waals surface area contributed by atoms with E-state index in [2.05, 4.69) is 5.32 Å². The highest BCUT2D eigenvalue weighted by Crippen LogP contribution is 2.24. The smallest absolute Gasteiger partial charge is 0.490 e. The van der Waals surface area contributed by atoms with Gasteiger partial charge < -0.3 is 15.2 Å². The number of carboxylic acids is 1. The van der Waals surface area contributed by atoms with E-state index in [0.717, 1.165) is 36.6 Å². The predicted octanol–water partition coefficient (Wildman–Crippen LogP) is 3.77. The van der Waals surface area contributed by atoms with E-state index >= 15 is 0 Å². The molecule has 170 valence electrons. The highest BCUT2D eigenvalue weighted by Gasteiger charge is 2.38. The Hall–Kier alpha value is -2.59. The van der Waals surface area contributed by atoms with Gasteiger partial charge >= 0.3 is 12.1 Å². The summed E-state index contributed by atoms with van der Waals surface area (Å²) in [7, 11) is -3.15. The highest BCUT2D eigenvalue weighted by molar-refractivity contribution is 7.90. The molecular weight excluding hydrogens is 435 g/mol. The molecule has 1 aliphatic rings. The van der Waals surface area contributed by atoms with E-state index in [1.54, 1.807) is 12.1 Å². The minimum atomic E-state index is -5.08. The fourth-order valence-electron chi connectivity index (χ4n) is 2.90. The van der Waals surface area contributed by atoms with Crippen LogP contribution in [0.5, 0.6) is 5.75 Å². The van der Waals surface area contributed by atoms with Crippen molar-refractivity contribution in [2.24, 2.45) is 5.92 Å². The zero-order valence-electron chi connectivity index (χ0n) is 16.9. The summed E-state index contributed by atoms with van der Waals surface area (Å²) in [5.74, 6) is -1.24. The third-order valence-corrected chi connectivity index (χ3v) is 5.79. The molecule has 0 amide bonds. The summed E-state index contributed by atoms with van der Waals surface area (Å²) in [6.45, 7) is 2.93. The molecule has 2 N–H and O–H groups in total. The number of rotatable bonds is 5. The van der Waals surface area contributed by atoms with Crippen LogP contribution in [-0.4, -0.2) is 51.6 Å². The normalized spacial score (nSPS) is 15.0. The standard InChI is InChI=1S/C19H23NO3S.C2HF3O2/c1-24(21,22)19-8-4-17(5-9-19)16-2-6-18(7-3-16)23-14-15-10-12-20-13-11-15;3-2(4,5)1(6)7/h2-9,15,20H,10-14H2,1H3;(H,6,7). The Kier molecular flexibility index (Phi) is 8.46. The Labute approximate surface area is 179 Å². The van der Waals surface area contributed by atoms with E-state index < -0.39 is 22.0 Å². The van der Waals surface area contributed by atoms with Gasteiger partial charge in [0.25, 0.3) is 0 Å². The number of carboxylic acid groups (broad SMARTS) is 1. The van der Waals surface area contributed by atoms with Gasteiger partial charge in [0.2, 0.25) is 0 Å². The first-order valence-corrected chi connectivity index (χ1v) is 11.4. The van der Waals surface area contributed by atoms with Crippen molar-refractivity contribution in [2.45, 2.75) is 23.9 Å². The predicted molar refractivity (Wildman–Crippen MR) is 110 cm³/mol. The Bertz CT molecular complexity index is 952. The van der Waals surface area contributed by atoms with E-state index in [0.29, 0.717) is 10.8 Å². The molecule has 2 aromatic carbocycles. The minimum absolute atomic E-state index is 0.341. The van der Waals surface area contributed by atoms with Crippen molar-refractivity contribution in [2.75, 3.05) is 26.0 Å². The van der Waals surface area contributed by atoms with Crippen molar-refractivity contribution < 1.29 is 36.2 Å². The molecule has 0 spiro atoms. The number of piperidine rings is 1. The Morgan fingerprint density at radius 1 is 1.03 bits per heavy atom. The van der Waals surface area contributed by atoms with Gasteiger partial charge in [-0.25, -0.2) is 13.2 Å². The molecule has 2 aromatic rings. The molecule has 10 heteroatoms. The van der Waals surface area contributed by atoms with E-state index in [1.807, 2.05) is 36.4 Å². The number of nitrogens with one attached hydrogen (secondary N) is 1. The topological polar surface area (TPSA) is 92.7 Å². The molecular formula is C21H24F3NO5S. The molecule has 6 nitrogen and oxygen atoms in total. The molecule has 31 heavy (non-hydrogen) atoms. The lowest BCUT2D eigenvalue weighted by Gasteiger charge is -2.22. The molecule has 0 saturated carbocycles. The Morgan fingerprint density at radius 3 is 1.90 bits per heavy atom. The van der Waals surface area contributed by atoms with Crippen LogP contribution in [0.4, 0.5) is 13.2 Å². The maximum Gasteiger partial charge on any atom is 0.490 e. The van der Waals surface area contributed by atoms with Crippen LogP contribution in [0, 0.1) is 5.92 Å². The van der Waals surface area contributed by atoms with E-state index in [-0.39, 0.29) is 0 Å². The van der Waals surface area contributed by atoms with Crippen LogP contribution in [0.2, 0.25) is 0 Å². The van der Waals surface area contributed by atoms with Crippen molar-refractivity contribution in [1.29, 1.82) is 0 Å². The van der Waals surface area contributed by atoms with Crippen molar-refractivity contribution in [3.05, 3.63) is 48.5 Å². The van der Waals surface area contributed by atoms with Gasteiger partial charge in [0.15, 0.2) is 9.84 Å². The van der Waals surface area contributed by atoms with Crippen LogP contribution in [0.1, 0.15) is 12.8 Å². The molecule has 0 aromatic heterocycles. The number of halogens is 3. The molecule has 1 saturated heterocycles. The van der Waals surface area contributed by atoms with Crippen LogP contribution >= 0.6 is 0 Å². The quantitative estimate of drug-likeness (QED) is 0.707. The van der Waals surface area contributed by atoms with Gasteiger partial charge in [-0.1, -0.05) is 24.3 Å². The zero-order valence-corrected chi connectivity index (χ0v) is 17.7. The summed E-state index contributed by atoms with van der Waals surface area (Å²) in [6.07, 6.45) is -1.52. The van der Waals surface area contributed by atoms with Gasteiger partial charge in [0, 0.05) is 6.26 Å². The first-order valence-electron chi connectivity index (χ1n) is 9.51. The maximum absolute atomic E-state index is 11.5. The third-order valence-electron chi connectivity index (χ3n) is 4.66. The van der Waals surface area contributed by atoms with Crippen molar-refractivity contribution in [3.63, 3.8) is 0 Å². The number of aliphatic carboxylic acids is 1. The SMILES string of the molecule is CS(=O)(=O)c1ccc(-c2ccc(OCC3CCNCC3)cc2)cc1.O=C(O)C(F)(F)F. The lowest BCUT2D eigenvalue weighted by molar-refractivity contribution is -0.192. The van der Waals surface area contributed by atoms with Gasteiger partial charge in [0.1, 0.15) is 5.75 Å². The van der Waals surface area contributed by atoms with Gasteiger partial charge in [0.05, 0.1) is 11.5 Å². The molecule has 0 bridgehead atoms. The number of ether oxygens (including phenoxy) is 1. The molecule has 3 rings (SSSR count).